The molecule has 0 atom stereocenters. The van der Waals surface area contributed by atoms with Gasteiger partial charge in [0.2, 0.25) is 0 Å². The van der Waals surface area contributed by atoms with E-state index < -0.39 is 16.6 Å². The molecule has 0 radical (unpaired) electrons. The Morgan fingerprint density at radius 2 is 1.95 bits per heavy atom. The molecule has 1 amide bonds. The highest BCUT2D eigenvalue weighted by molar-refractivity contribution is 9.10. The van der Waals surface area contributed by atoms with Crippen molar-refractivity contribution in [1.82, 2.24) is 0 Å². The Kier molecular flexibility index (Phi) is 4.09. The lowest BCUT2D eigenvalue weighted by molar-refractivity contribution is -0.384. The van der Waals surface area contributed by atoms with Gasteiger partial charge in [-0.15, -0.1) is 0 Å². The van der Waals surface area contributed by atoms with Crippen LogP contribution in [0.25, 0.3) is 0 Å². The Morgan fingerprint density at radius 3 is 2.65 bits per heavy atom. The van der Waals surface area contributed by atoms with Gasteiger partial charge in [-0.25, -0.2) is 4.39 Å². The number of non-ortho nitro benzene ring substituents is 1. The SMILES string of the molecule is O=C(Nc1cccc([N+](=O)[O-])c1)c1cccc(Br)c1F. The molecule has 7 heteroatoms. The average Bonchev–Trinajstić information content (AvgIpc) is 2.42. The third-order valence-electron chi connectivity index (χ3n) is 2.51. The maximum absolute atomic E-state index is 13.7. The third-order valence-corrected chi connectivity index (χ3v) is 3.12. The van der Waals surface area contributed by atoms with E-state index in [1.165, 1.54) is 42.5 Å². The number of hydrogen-bond donors (Lipinski definition) is 1. The van der Waals surface area contributed by atoms with Crippen LogP contribution < -0.4 is 5.32 Å². The molecule has 0 aliphatic rings. The first-order valence-electron chi connectivity index (χ1n) is 5.49. The van der Waals surface area contributed by atoms with Gasteiger partial charge in [0, 0.05) is 17.8 Å². The van der Waals surface area contributed by atoms with E-state index in [9.17, 15) is 19.3 Å². The zero-order valence-corrected chi connectivity index (χ0v) is 11.6. The number of nitro groups is 1. The van der Waals surface area contributed by atoms with E-state index in [1.807, 2.05) is 0 Å². The van der Waals surface area contributed by atoms with Crippen molar-refractivity contribution >= 4 is 33.2 Å². The first-order valence-corrected chi connectivity index (χ1v) is 6.28. The van der Waals surface area contributed by atoms with Crippen molar-refractivity contribution in [1.29, 1.82) is 0 Å². The lowest BCUT2D eigenvalue weighted by Crippen LogP contribution is -2.14. The summed E-state index contributed by atoms with van der Waals surface area (Å²) in [6.07, 6.45) is 0. The first kappa shape index (κ1) is 14.1. The molecule has 2 aromatic rings. The van der Waals surface area contributed by atoms with Crippen molar-refractivity contribution in [2.24, 2.45) is 0 Å². The highest BCUT2D eigenvalue weighted by Gasteiger charge is 2.15. The molecule has 0 fully saturated rings. The lowest BCUT2D eigenvalue weighted by Gasteiger charge is -2.06. The Balaban J connectivity index is 2.26. The largest absolute Gasteiger partial charge is 0.322 e. The van der Waals surface area contributed by atoms with Crippen LogP contribution in [-0.4, -0.2) is 10.8 Å². The summed E-state index contributed by atoms with van der Waals surface area (Å²) in [5, 5.41) is 13.1. The monoisotopic (exact) mass is 338 g/mol. The number of halogens is 2. The summed E-state index contributed by atoms with van der Waals surface area (Å²) >= 11 is 2.99. The van der Waals surface area contributed by atoms with Crippen LogP contribution in [0.2, 0.25) is 0 Å². The lowest BCUT2D eigenvalue weighted by atomic mass is 10.2. The van der Waals surface area contributed by atoms with E-state index in [1.54, 1.807) is 0 Å². The fraction of sp³-hybridized carbons (Fsp3) is 0. The van der Waals surface area contributed by atoms with Crippen LogP contribution in [0.1, 0.15) is 10.4 Å². The van der Waals surface area contributed by atoms with Crippen molar-refractivity contribution in [3.8, 4) is 0 Å². The minimum atomic E-state index is -0.685. The quantitative estimate of drug-likeness (QED) is 0.684. The molecular formula is C13H8BrFN2O3. The maximum atomic E-state index is 13.7. The zero-order chi connectivity index (χ0) is 14.7. The molecule has 0 heterocycles. The van der Waals surface area contributed by atoms with Gasteiger partial charge in [-0.3, -0.25) is 14.9 Å². The second kappa shape index (κ2) is 5.79. The number of nitrogens with zero attached hydrogens (tertiary/aromatic N) is 1. The number of rotatable bonds is 3. The summed E-state index contributed by atoms with van der Waals surface area (Å²) in [4.78, 5) is 22.0. The summed E-state index contributed by atoms with van der Waals surface area (Å²) in [5.74, 6) is -1.36. The highest BCUT2D eigenvalue weighted by atomic mass is 79.9. The molecule has 2 aromatic carbocycles. The van der Waals surface area contributed by atoms with Crippen molar-refractivity contribution < 1.29 is 14.1 Å². The van der Waals surface area contributed by atoms with Crippen LogP contribution >= 0.6 is 15.9 Å². The van der Waals surface area contributed by atoms with Crippen molar-refractivity contribution in [3.05, 3.63) is 68.4 Å². The molecule has 0 saturated carbocycles. The van der Waals surface area contributed by atoms with E-state index >= 15 is 0 Å². The van der Waals surface area contributed by atoms with E-state index in [0.29, 0.717) is 0 Å². The van der Waals surface area contributed by atoms with Crippen molar-refractivity contribution in [2.45, 2.75) is 0 Å². The number of hydrogen-bond acceptors (Lipinski definition) is 3. The van der Waals surface area contributed by atoms with Crippen molar-refractivity contribution in [3.63, 3.8) is 0 Å². The summed E-state index contributed by atoms with van der Waals surface area (Å²) in [7, 11) is 0. The molecule has 20 heavy (non-hydrogen) atoms. The predicted molar refractivity (Wildman–Crippen MR) is 75.1 cm³/mol. The van der Waals surface area contributed by atoms with Crippen LogP contribution in [0.3, 0.4) is 0 Å². The van der Waals surface area contributed by atoms with Crippen molar-refractivity contribution in [2.75, 3.05) is 5.32 Å². The van der Waals surface area contributed by atoms with Crippen LogP contribution in [-0.2, 0) is 0 Å². The predicted octanol–water partition coefficient (Wildman–Crippen LogP) is 3.75. The number of anilines is 1. The molecule has 0 spiro atoms. The molecule has 0 aromatic heterocycles. The molecule has 0 aliphatic heterocycles. The molecule has 0 bridgehead atoms. The Bertz CT molecular complexity index is 691. The molecule has 2 rings (SSSR count). The second-order valence-electron chi connectivity index (χ2n) is 3.86. The fourth-order valence-electron chi connectivity index (χ4n) is 1.57. The zero-order valence-electron chi connectivity index (χ0n) is 9.97. The van der Waals surface area contributed by atoms with Gasteiger partial charge in [-0.2, -0.15) is 0 Å². The van der Waals surface area contributed by atoms with Crippen LogP contribution in [0.15, 0.2) is 46.9 Å². The maximum Gasteiger partial charge on any atom is 0.271 e. The molecule has 102 valence electrons. The van der Waals surface area contributed by atoms with Gasteiger partial charge in [0.05, 0.1) is 15.0 Å². The summed E-state index contributed by atoms with van der Waals surface area (Å²) < 4.78 is 13.9. The molecule has 5 nitrogen and oxygen atoms in total. The number of carbonyl (C=O) groups excluding carboxylic acids is 1. The standard InChI is InChI=1S/C13H8BrFN2O3/c14-11-6-2-5-10(12(11)15)13(18)16-8-3-1-4-9(7-8)17(19)20/h1-7H,(H,16,18). The Hall–Kier alpha value is -2.28. The normalized spacial score (nSPS) is 10.1. The minimum Gasteiger partial charge on any atom is -0.322 e. The van der Waals surface area contributed by atoms with Gasteiger partial charge in [-0.05, 0) is 34.1 Å². The Labute approximate surface area is 121 Å². The van der Waals surface area contributed by atoms with Crippen LogP contribution in [0.5, 0.6) is 0 Å². The molecular weight excluding hydrogens is 331 g/mol. The Morgan fingerprint density at radius 1 is 1.25 bits per heavy atom. The average molecular weight is 339 g/mol. The van der Waals surface area contributed by atoms with Gasteiger partial charge < -0.3 is 5.32 Å². The second-order valence-corrected chi connectivity index (χ2v) is 4.72. The smallest absolute Gasteiger partial charge is 0.271 e. The van der Waals surface area contributed by atoms with Crippen LogP contribution in [0.4, 0.5) is 15.8 Å². The number of amides is 1. The molecule has 0 aliphatic carbocycles. The third kappa shape index (κ3) is 3.00. The number of benzene rings is 2. The van der Waals surface area contributed by atoms with E-state index in [2.05, 4.69) is 21.2 Å². The number of nitrogens with one attached hydrogen (secondary N) is 1. The summed E-state index contributed by atoms with van der Waals surface area (Å²) in [6, 6.07) is 9.75. The molecule has 0 unspecified atom stereocenters. The van der Waals surface area contributed by atoms with E-state index in [-0.39, 0.29) is 21.4 Å². The minimum absolute atomic E-state index is 0.147. The van der Waals surface area contributed by atoms with E-state index in [0.717, 1.165) is 0 Å². The fourth-order valence-corrected chi connectivity index (χ4v) is 1.94. The van der Waals surface area contributed by atoms with E-state index in [4.69, 9.17) is 0 Å². The number of carbonyl (C=O) groups is 1. The topological polar surface area (TPSA) is 72.2 Å². The molecule has 1 N–H and O–H groups in total. The van der Waals surface area contributed by atoms with Gasteiger partial charge in [0.15, 0.2) is 0 Å². The van der Waals surface area contributed by atoms with Gasteiger partial charge in [-0.1, -0.05) is 12.1 Å². The van der Waals surface area contributed by atoms with Crippen LogP contribution in [0, 0.1) is 15.9 Å². The van der Waals surface area contributed by atoms with Gasteiger partial charge in [0.25, 0.3) is 11.6 Å². The summed E-state index contributed by atoms with van der Waals surface area (Å²) in [6.45, 7) is 0. The first-order chi connectivity index (χ1) is 9.49. The highest BCUT2D eigenvalue weighted by Crippen LogP contribution is 2.21. The summed E-state index contributed by atoms with van der Waals surface area (Å²) in [5.41, 5.74) is -0.0769. The molecule has 0 saturated heterocycles. The van der Waals surface area contributed by atoms with Gasteiger partial charge in [0.1, 0.15) is 5.82 Å². The number of nitro benzene ring substituents is 1. The van der Waals surface area contributed by atoms with Gasteiger partial charge >= 0.3 is 0 Å².